The molecule has 0 aliphatic rings. The Labute approximate surface area is 430 Å². The smallest absolute Gasteiger partial charge is 0.305 e. The molecule has 0 rings (SSSR count). The van der Waals surface area contributed by atoms with Gasteiger partial charge in [-0.1, -0.05) is 269 Å². The molecule has 0 aromatic carbocycles. The maximum atomic E-state index is 12.4. The van der Waals surface area contributed by atoms with Crippen molar-refractivity contribution in [1.82, 2.24) is 5.32 Å². The van der Waals surface area contributed by atoms with Crippen LogP contribution in [0.1, 0.15) is 328 Å². The third-order valence-corrected chi connectivity index (χ3v) is 14.1. The Bertz CT molecular complexity index is 1120. The van der Waals surface area contributed by atoms with Crippen LogP contribution in [0.5, 0.6) is 0 Å². The fraction of sp³-hybridized carbons (Fsp3) is 0.873. The molecule has 0 saturated carbocycles. The van der Waals surface area contributed by atoms with Crippen LogP contribution in [0.3, 0.4) is 0 Å². The minimum atomic E-state index is -0.850. The molecule has 0 heterocycles. The number of hydrogen-bond donors (Lipinski definition) is 3. The molecule has 69 heavy (non-hydrogen) atoms. The minimum Gasteiger partial charge on any atom is -0.466 e. The molecule has 0 bridgehead atoms. The summed E-state index contributed by atoms with van der Waals surface area (Å²) in [4.78, 5) is 24.5. The van der Waals surface area contributed by atoms with Crippen molar-refractivity contribution in [1.29, 1.82) is 0 Å². The number of amides is 1. The average Bonchev–Trinajstić information content (AvgIpc) is 3.35. The van der Waals surface area contributed by atoms with E-state index >= 15 is 0 Å². The molecular formula is C63H119NO5. The van der Waals surface area contributed by atoms with Crippen LogP contribution >= 0.6 is 0 Å². The molecule has 0 aromatic heterocycles. The van der Waals surface area contributed by atoms with Gasteiger partial charge in [0.2, 0.25) is 5.91 Å². The Hall–Kier alpha value is -1.92. The predicted molar refractivity (Wildman–Crippen MR) is 301 cm³/mol. The van der Waals surface area contributed by atoms with Gasteiger partial charge in [0.15, 0.2) is 0 Å². The van der Waals surface area contributed by atoms with Crippen LogP contribution in [-0.4, -0.2) is 47.4 Å². The van der Waals surface area contributed by atoms with Crippen molar-refractivity contribution in [3.05, 3.63) is 36.5 Å². The lowest BCUT2D eigenvalue weighted by molar-refractivity contribution is -0.143. The van der Waals surface area contributed by atoms with Crippen molar-refractivity contribution < 1.29 is 24.5 Å². The van der Waals surface area contributed by atoms with E-state index in [4.69, 9.17) is 4.74 Å². The van der Waals surface area contributed by atoms with Crippen molar-refractivity contribution in [3.8, 4) is 0 Å². The van der Waals surface area contributed by atoms with Crippen molar-refractivity contribution in [2.75, 3.05) is 13.2 Å². The second kappa shape index (κ2) is 58.6. The third-order valence-electron chi connectivity index (χ3n) is 14.1. The Kier molecular flexibility index (Phi) is 57.0. The summed E-state index contributed by atoms with van der Waals surface area (Å²) in [7, 11) is 0. The van der Waals surface area contributed by atoms with E-state index in [0.29, 0.717) is 19.4 Å². The van der Waals surface area contributed by atoms with Crippen LogP contribution in [-0.2, 0) is 14.3 Å². The quantitative estimate of drug-likeness (QED) is 0.0321. The van der Waals surface area contributed by atoms with Gasteiger partial charge in [-0.3, -0.25) is 9.59 Å². The van der Waals surface area contributed by atoms with E-state index in [9.17, 15) is 19.8 Å². The lowest BCUT2D eigenvalue weighted by atomic mass is 10.0. The van der Waals surface area contributed by atoms with Gasteiger partial charge in [-0.25, -0.2) is 0 Å². The first-order valence-corrected chi connectivity index (χ1v) is 30.8. The van der Waals surface area contributed by atoms with Crippen LogP contribution in [0.25, 0.3) is 0 Å². The number of rotatable bonds is 57. The number of aliphatic hydroxyl groups excluding tert-OH is 2. The second-order valence-electron chi connectivity index (χ2n) is 21.0. The van der Waals surface area contributed by atoms with Gasteiger partial charge in [0.05, 0.1) is 25.4 Å². The molecule has 0 fully saturated rings. The topological polar surface area (TPSA) is 95.9 Å². The lowest BCUT2D eigenvalue weighted by Crippen LogP contribution is -2.45. The number of aliphatic hydroxyl groups is 2. The average molecular weight is 971 g/mol. The number of esters is 1. The Morgan fingerprint density at radius 1 is 0.391 bits per heavy atom. The number of hydrogen-bond acceptors (Lipinski definition) is 5. The van der Waals surface area contributed by atoms with Crippen LogP contribution in [0.15, 0.2) is 36.5 Å². The van der Waals surface area contributed by atoms with Gasteiger partial charge < -0.3 is 20.3 Å². The molecular weight excluding hydrogens is 851 g/mol. The molecule has 0 radical (unpaired) electrons. The van der Waals surface area contributed by atoms with Crippen molar-refractivity contribution in [2.24, 2.45) is 0 Å². The molecule has 6 nitrogen and oxygen atoms in total. The summed E-state index contributed by atoms with van der Waals surface area (Å²) < 4.78 is 5.49. The summed E-state index contributed by atoms with van der Waals surface area (Å²) in [6, 6.07) is -0.635. The Morgan fingerprint density at radius 3 is 1.03 bits per heavy atom. The second-order valence-corrected chi connectivity index (χ2v) is 21.0. The van der Waals surface area contributed by atoms with Gasteiger partial charge in [0.1, 0.15) is 0 Å². The van der Waals surface area contributed by atoms with E-state index in [0.717, 1.165) is 51.4 Å². The third kappa shape index (κ3) is 55.2. The zero-order chi connectivity index (χ0) is 50.0. The number of carbonyl (C=O) groups is 2. The molecule has 0 aromatic rings. The number of unbranched alkanes of at least 4 members (excludes halogenated alkanes) is 42. The molecule has 0 aliphatic heterocycles. The molecule has 6 heteroatoms. The first-order chi connectivity index (χ1) is 34.0. The van der Waals surface area contributed by atoms with E-state index in [-0.39, 0.29) is 18.5 Å². The minimum absolute atomic E-state index is 0.00275. The summed E-state index contributed by atoms with van der Waals surface area (Å²) in [6.07, 6.45) is 73.2. The standard InChI is InChI=1S/C63H119NO5/c1-3-5-7-9-11-13-15-17-19-20-22-26-29-33-37-41-45-49-53-57-63(68)69-58-54-50-46-42-38-34-30-27-24-21-23-25-28-32-36-40-44-48-52-56-62(67)64-60(59-65)61(66)55-51-47-43-39-35-31-18-16-14-12-10-8-6-4-2/h17,19,21,23,51,55,60-61,65-66H,3-16,18,20,22,24-50,52-54,56-59H2,1-2H3,(H,64,67)/b19-17-,23-21-,55-51+. The number of carbonyl (C=O) groups excluding carboxylic acids is 2. The first kappa shape index (κ1) is 67.1. The van der Waals surface area contributed by atoms with E-state index in [1.807, 2.05) is 6.08 Å². The molecule has 2 unspecified atom stereocenters. The van der Waals surface area contributed by atoms with Crippen molar-refractivity contribution >= 4 is 11.9 Å². The Balaban J connectivity index is 3.44. The highest BCUT2D eigenvalue weighted by molar-refractivity contribution is 5.76. The highest BCUT2D eigenvalue weighted by Gasteiger charge is 2.18. The van der Waals surface area contributed by atoms with Gasteiger partial charge in [-0.15, -0.1) is 0 Å². The van der Waals surface area contributed by atoms with E-state index < -0.39 is 12.1 Å². The Morgan fingerprint density at radius 2 is 0.681 bits per heavy atom. The zero-order valence-electron chi connectivity index (χ0n) is 46.3. The fourth-order valence-corrected chi connectivity index (χ4v) is 9.39. The highest BCUT2D eigenvalue weighted by atomic mass is 16.5. The molecule has 406 valence electrons. The maximum absolute atomic E-state index is 12.4. The van der Waals surface area contributed by atoms with E-state index in [1.165, 1.54) is 250 Å². The van der Waals surface area contributed by atoms with E-state index in [2.05, 4.69) is 43.5 Å². The molecule has 1 amide bonds. The molecule has 0 spiro atoms. The zero-order valence-corrected chi connectivity index (χ0v) is 46.3. The number of nitrogens with one attached hydrogen (secondary N) is 1. The number of ether oxygens (including phenoxy) is 1. The summed E-state index contributed by atoms with van der Waals surface area (Å²) in [5.41, 5.74) is 0. The lowest BCUT2D eigenvalue weighted by Gasteiger charge is -2.20. The van der Waals surface area contributed by atoms with E-state index in [1.54, 1.807) is 6.08 Å². The SMILES string of the molecule is CCCCCCCC/C=C\CCCCCCCCCCCC(=O)OCCCCCCCCCC/C=C\CCCCCCCCCC(=O)NC(CO)C(O)/C=C/CCCCCCCCCCCCCC. The van der Waals surface area contributed by atoms with Crippen molar-refractivity contribution in [3.63, 3.8) is 0 Å². The predicted octanol–water partition coefficient (Wildman–Crippen LogP) is 19.2. The van der Waals surface area contributed by atoms with Crippen LogP contribution < -0.4 is 5.32 Å². The molecule has 0 aliphatic carbocycles. The van der Waals surface area contributed by atoms with Crippen molar-refractivity contribution in [2.45, 2.75) is 341 Å². The summed E-state index contributed by atoms with van der Waals surface area (Å²) in [6.45, 7) is 4.90. The number of allylic oxidation sites excluding steroid dienone is 5. The van der Waals surface area contributed by atoms with Gasteiger partial charge in [-0.05, 0) is 83.5 Å². The van der Waals surface area contributed by atoms with Gasteiger partial charge in [0, 0.05) is 12.8 Å². The maximum Gasteiger partial charge on any atom is 0.305 e. The monoisotopic (exact) mass is 970 g/mol. The van der Waals surface area contributed by atoms with Crippen LogP contribution in [0, 0.1) is 0 Å². The fourth-order valence-electron chi connectivity index (χ4n) is 9.39. The molecule has 2 atom stereocenters. The largest absolute Gasteiger partial charge is 0.466 e. The first-order valence-electron chi connectivity index (χ1n) is 30.8. The molecule has 0 saturated heterocycles. The van der Waals surface area contributed by atoms with Gasteiger partial charge in [0.25, 0.3) is 0 Å². The van der Waals surface area contributed by atoms with Crippen LogP contribution in [0.2, 0.25) is 0 Å². The summed E-state index contributed by atoms with van der Waals surface area (Å²) in [5.74, 6) is -0.0744. The van der Waals surface area contributed by atoms with Gasteiger partial charge in [-0.2, -0.15) is 0 Å². The summed E-state index contributed by atoms with van der Waals surface area (Å²) in [5, 5.41) is 23.1. The summed E-state index contributed by atoms with van der Waals surface area (Å²) >= 11 is 0. The normalized spacial score (nSPS) is 12.8. The van der Waals surface area contributed by atoms with Gasteiger partial charge >= 0.3 is 5.97 Å². The highest BCUT2D eigenvalue weighted by Crippen LogP contribution is 2.16. The molecule has 3 N–H and O–H groups in total. The van der Waals surface area contributed by atoms with Crippen LogP contribution in [0.4, 0.5) is 0 Å².